The highest BCUT2D eigenvalue weighted by Crippen LogP contribution is 2.26. The first kappa shape index (κ1) is 20.8. The molecule has 6 heteroatoms. The molecule has 2 N–H and O–H groups in total. The molecule has 1 aliphatic rings. The molecule has 0 saturated carbocycles. The standard InChI is InChI=1S/C22H33N5S/c1-5-26-10-12-27(13-11-26)21-14-17(4)19-15-18(6-7-20(19)25-21)24-22(28)23-9-8-16(2)3/h6-7,14-16H,5,8-13H2,1-4H3,(H2,23,24,28). The van der Waals surface area contributed by atoms with E-state index in [0.717, 1.165) is 62.7 Å². The lowest BCUT2D eigenvalue weighted by molar-refractivity contribution is 0.270. The van der Waals surface area contributed by atoms with Crippen molar-refractivity contribution in [2.75, 3.05) is 49.5 Å². The lowest BCUT2D eigenvalue weighted by Crippen LogP contribution is -2.46. The van der Waals surface area contributed by atoms with Gasteiger partial charge in [0.15, 0.2) is 5.11 Å². The summed E-state index contributed by atoms with van der Waals surface area (Å²) in [5.74, 6) is 1.76. The van der Waals surface area contributed by atoms with Gasteiger partial charge in [-0.2, -0.15) is 0 Å². The van der Waals surface area contributed by atoms with Crippen molar-refractivity contribution in [1.29, 1.82) is 0 Å². The summed E-state index contributed by atoms with van der Waals surface area (Å²) in [4.78, 5) is 9.82. The number of fused-ring (bicyclic) bond motifs is 1. The number of anilines is 2. The number of pyridine rings is 1. The minimum absolute atomic E-state index is 0.670. The quantitative estimate of drug-likeness (QED) is 0.716. The topological polar surface area (TPSA) is 43.4 Å². The number of likely N-dealkylation sites (N-methyl/N-ethyl adjacent to an activating group) is 1. The van der Waals surface area contributed by atoms with E-state index in [1.54, 1.807) is 0 Å². The lowest BCUT2D eigenvalue weighted by atomic mass is 10.1. The highest BCUT2D eigenvalue weighted by atomic mass is 32.1. The zero-order valence-corrected chi connectivity index (χ0v) is 18.4. The maximum absolute atomic E-state index is 5.42. The lowest BCUT2D eigenvalue weighted by Gasteiger charge is -2.35. The number of rotatable bonds is 6. The Bertz CT molecular complexity index is 812. The molecule has 28 heavy (non-hydrogen) atoms. The van der Waals surface area contributed by atoms with Gasteiger partial charge < -0.3 is 20.4 Å². The molecule has 0 radical (unpaired) electrons. The van der Waals surface area contributed by atoms with Gasteiger partial charge in [0.2, 0.25) is 0 Å². The summed E-state index contributed by atoms with van der Waals surface area (Å²) in [5, 5.41) is 8.43. The molecule has 1 aliphatic heterocycles. The Morgan fingerprint density at radius 3 is 2.61 bits per heavy atom. The first-order valence-electron chi connectivity index (χ1n) is 10.4. The van der Waals surface area contributed by atoms with Gasteiger partial charge >= 0.3 is 0 Å². The summed E-state index contributed by atoms with van der Waals surface area (Å²) in [6, 6.07) is 8.51. The Kier molecular flexibility index (Phi) is 7.08. The zero-order chi connectivity index (χ0) is 20.1. The SMILES string of the molecule is CCN1CCN(c2cc(C)c3cc(NC(=S)NCCC(C)C)ccc3n2)CC1. The maximum atomic E-state index is 5.42. The van der Waals surface area contributed by atoms with E-state index >= 15 is 0 Å². The third-order valence-corrected chi connectivity index (χ3v) is 5.66. The molecule has 0 bridgehead atoms. The highest BCUT2D eigenvalue weighted by Gasteiger charge is 2.17. The normalized spacial score (nSPS) is 15.2. The van der Waals surface area contributed by atoms with Crippen LogP contribution in [0.4, 0.5) is 11.5 Å². The van der Waals surface area contributed by atoms with Crippen molar-refractivity contribution in [3.63, 3.8) is 0 Å². The van der Waals surface area contributed by atoms with Crippen molar-refractivity contribution >= 4 is 39.7 Å². The molecule has 0 spiro atoms. The van der Waals surface area contributed by atoms with Crippen molar-refractivity contribution in [3.8, 4) is 0 Å². The van der Waals surface area contributed by atoms with Gasteiger partial charge in [-0.05, 0) is 67.9 Å². The van der Waals surface area contributed by atoms with Crippen LogP contribution in [-0.2, 0) is 0 Å². The van der Waals surface area contributed by atoms with Crippen molar-refractivity contribution in [2.45, 2.75) is 34.1 Å². The summed E-state index contributed by atoms with van der Waals surface area (Å²) >= 11 is 5.42. The number of aryl methyl sites for hydroxylation is 1. The van der Waals surface area contributed by atoms with Crippen molar-refractivity contribution in [3.05, 3.63) is 29.8 Å². The van der Waals surface area contributed by atoms with E-state index in [-0.39, 0.29) is 0 Å². The number of benzene rings is 1. The Hall–Kier alpha value is -1.92. The van der Waals surface area contributed by atoms with Crippen LogP contribution in [-0.4, -0.2) is 54.3 Å². The molecule has 1 aromatic heterocycles. The molecule has 0 unspecified atom stereocenters. The van der Waals surface area contributed by atoms with Crippen LogP contribution in [0.5, 0.6) is 0 Å². The van der Waals surface area contributed by atoms with Gasteiger partial charge in [0.25, 0.3) is 0 Å². The van der Waals surface area contributed by atoms with Gasteiger partial charge in [0, 0.05) is 43.8 Å². The minimum Gasteiger partial charge on any atom is -0.362 e. The maximum Gasteiger partial charge on any atom is 0.170 e. The fourth-order valence-corrected chi connectivity index (χ4v) is 3.78. The van der Waals surface area contributed by atoms with Gasteiger partial charge in [0.1, 0.15) is 5.82 Å². The number of aromatic nitrogens is 1. The Balaban J connectivity index is 1.69. The molecule has 5 nitrogen and oxygen atoms in total. The van der Waals surface area contributed by atoms with Crippen LogP contribution in [0.25, 0.3) is 10.9 Å². The largest absolute Gasteiger partial charge is 0.362 e. The predicted octanol–water partition coefficient (Wildman–Crippen LogP) is 4.02. The van der Waals surface area contributed by atoms with Gasteiger partial charge in [-0.15, -0.1) is 0 Å². The van der Waals surface area contributed by atoms with Gasteiger partial charge in [-0.3, -0.25) is 0 Å². The number of hydrogen-bond donors (Lipinski definition) is 2. The van der Waals surface area contributed by atoms with Crippen molar-refractivity contribution < 1.29 is 0 Å². The average Bonchev–Trinajstić information content (AvgIpc) is 2.68. The minimum atomic E-state index is 0.670. The van der Waals surface area contributed by atoms with Crippen molar-refractivity contribution in [2.24, 2.45) is 5.92 Å². The molecule has 152 valence electrons. The second kappa shape index (κ2) is 9.52. The zero-order valence-electron chi connectivity index (χ0n) is 17.6. The van der Waals surface area contributed by atoms with Gasteiger partial charge in [-0.1, -0.05) is 20.8 Å². The van der Waals surface area contributed by atoms with Crippen LogP contribution in [0, 0.1) is 12.8 Å². The number of piperazine rings is 1. The van der Waals surface area contributed by atoms with E-state index in [4.69, 9.17) is 17.2 Å². The Morgan fingerprint density at radius 1 is 1.18 bits per heavy atom. The van der Waals surface area contributed by atoms with Crippen LogP contribution in [0.1, 0.15) is 32.8 Å². The third-order valence-electron chi connectivity index (χ3n) is 5.41. The third kappa shape index (κ3) is 5.32. The molecular formula is C22H33N5S. The molecule has 1 fully saturated rings. The molecule has 0 amide bonds. The monoisotopic (exact) mass is 399 g/mol. The first-order valence-corrected chi connectivity index (χ1v) is 10.8. The fourth-order valence-electron chi connectivity index (χ4n) is 3.56. The second-order valence-corrected chi connectivity index (χ2v) is 8.42. The van der Waals surface area contributed by atoms with E-state index in [1.165, 1.54) is 10.9 Å². The molecule has 0 aliphatic carbocycles. The molecule has 0 atom stereocenters. The Morgan fingerprint density at radius 2 is 1.93 bits per heavy atom. The molecule has 2 heterocycles. The molecule has 1 aromatic carbocycles. The molecule has 3 rings (SSSR count). The highest BCUT2D eigenvalue weighted by molar-refractivity contribution is 7.80. The van der Waals surface area contributed by atoms with Crippen LogP contribution >= 0.6 is 12.2 Å². The number of nitrogens with one attached hydrogen (secondary N) is 2. The number of hydrogen-bond acceptors (Lipinski definition) is 4. The fraction of sp³-hybridized carbons (Fsp3) is 0.545. The molecule has 1 saturated heterocycles. The summed E-state index contributed by atoms with van der Waals surface area (Å²) in [6.45, 7) is 15.2. The molecular weight excluding hydrogens is 366 g/mol. The van der Waals surface area contributed by atoms with E-state index < -0.39 is 0 Å². The smallest absolute Gasteiger partial charge is 0.170 e. The molecule has 2 aromatic rings. The van der Waals surface area contributed by atoms with E-state index in [2.05, 4.69) is 72.4 Å². The second-order valence-electron chi connectivity index (χ2n) is 8.01. The Labute approximate surface area is 174 Å². The predicted molar refractivity (Wildman–Crippen MR) is 124 cm³/mol. The summed E-state index contributed by atoms with van der Waals surface area (Å²) in [5.41, 5.74) is 3.29. The summed E-state index contributed by atoms with van der Waals surface area (Å²) in [6.07, 6.45) is 1.11. The van der Waals surface area contributed by atoms with E-state index in [1.807, 2.05) is 0 Å². The van der Waals surface area contributed by atoms with Crippen LogP contribution < -0.4 is 15.5 Å². The first-order chi connectivity index (χ1) is 13.5. The number of nitrogens with zero attached hydrogens (tertiary/aromatic N) is 3. The summed E-state index contributed by atoms with van der Waals surface area (Å²) in [7, 11) is 0. The van der Waals surface area contributed by atoms with E-state index in [0.29, 0.717) is 11.0 Å². The number of thiocarbonyl (C=S) groups is 1. The van der Waals surface area contributed by atoms with Gasteiger partial charge in [0.05, 0.1) is 5.52 Å². The average molecular weight is 400 g/mol. The van der Waals surface area contributed by atoms with Gasteiger partial charge in [-0.25, -0.2) is 4.98 Å². The van der Waals surface area contributed by atoms with Crippen LogP contribution in [0.3, 0.4) is 0 Å². The summed E-state index contributed by atoms with van der Waals surface area (Å²) < 4.78 is 0. The van der Waals surface area contributed by atoms with E-state index in [9.17, 15) is 0 Å². The van der Waals surface area contributed by atoms with Crippen molar-refractivity contribution in [1.82, 2.24) is 15.2 Å². The van der Waals surface area contributed by atoms with Crippen LogP contribution in [0.2, 0.25) is 0 Å². The van der Waals surface area contributed by atoms with Crippen LogP contribution in [0.15, 0.2) is 24.3 Å².